The van der Waals surface area contributed by atoms with Crippen LogP contribution in [0.25, 0.3) is 0 Å². The van der Waals surface area contributed by atoms with Crippen molar-refractivity contribution in [3.05, 3.63) is 29.3 Å². The molecule has 3 rings (SSSR count). The van der Waals surface area contributed by atoms with Gasteiger partial charge in [-0.15, -0.1) is 0 Å². The first-order chi connectivity index (χ1) is 13.1. The molecule has 2 heterocycles. The lowest BCUT2D eigenvalue weighted by molar-refractivity contribution is -0.141. The fraction of sp³-hybridized carbons (Fsp3) is 0.556. The zero-order valence-corrected chi connectivity index (χ0v) is 17.6. The van der Waals surface area contributed by atoms with Crippen LogP contribution in [0, 0.1) is 0 Å². The molecule has 8 nitrogen and oxygen atoms in total. The summed E-state index contributed by atoms with van der Waals surface area (Å²) in [6.45, 7) is 5.88. The summed E-state index contributed by atoms with van der Waals surface area (Å²) in [7, 11) is -3.69. The highest BCUT2D eigenvalue weighted by Crippen LogP contribution is 2.25. The molecule has 2 saturated heterocycles. The van der Waals surface area contributed by atoms with Gasteiger partial charge in [0.15, 0.2) is 0 Å². The van der Waals surface area contributed by atoms with Crippen molar-refractivity contribution in [2.24, 2.45) is 0 Å². The molecule has 10 heteroatoms. The van der Waals surface area contributed by atoms with Crippen molar-refractivity contribution >= 4 is 33.4 Å². The Kier molecular flexibility index (Phi) is 6.00. The number of nitrogens with zero attached hydrogens (tertiary/aromatic N) is 3. The van der Waals surface area contributed by atoms with Crippen molar-refractivity contribution in [1.82, 2.24) is 19.4 Å². The molecular formula is C18H25ClN4O4S. The fourth-order valence-corrected chi connectivity index (χ4v) is 5.37. The van der Waals surface area contributed by atoms with Crippen LogP contribution in [-0.4, -0.2) is 85.7 Å². The third kappa shape index (κ3) is 4.03. The van der Waals surface area contributed by atoms with E-state index in [0.717, 1.165) is 0 Å². The second kappa shape index (κ2) is 7.98. The lowest BCUT2D eigenvalue weighted by Crippen LogP contribution is -2.64. The van der Waals surface area contributed by atoms with Crippen LogP contribution in [0.1, 0.15) is 13.8 Å². The highest BCUT2D eigenvalue weighted by Gasteiger charge is 2.39. The molecule has 28 heavy (non-hydrogen) atoms. The Morgan fingerprint density at radius 1 is 1.14 bits per heavy atom. The Morgan fingerprint density at radius 3 is 2.43 bits per heavy atom. The Labute approximate surface area is 170 Å². The molecule has 0 atom stereocenters. The van der Waals surface area contributed by atoms with Crippen molar-refractivity contribution in [1.29, 1.82) is 0 Å². The molecule has 0 spiro atoms. The Bertz CT molecular complexity index is 866. The SMILES string of the molecule is CC1(C)C(=O)NCCN1CC(=O)N1CCN(S(=O)(=O)c2ccccc2Cl)CC1. The Hall–Kier alpha value is -1.68. The molecule has 0 unspecified atom stereocenters. The van der Waals surface area contributed by atoms with Gasteiger partial charge in [-0.1, -0.05) is 23.7 Å². The average Bonchev–Trinajstić information content (AvgIpc) is 2.66. The minimum absolute atomic E-state index is 0.0810. The van der Waals surface area contributed by atoms with Gasteiger partial charge in [-0.2, -0.15) is 4.31 Å². The molecule has 2 aliphatic rings. The maximum atomic E-state index is 12.8. The summed E-state index contributed by atoms with van der Waals surface area (Å²) in [6.07, 6.45) is 0. The van der Waals surface area contributed by atoms with Crippen molar-refractivity contribution < 1.29 is 18.0 Å². The zero-order valence-electron chi connectivity index (χ0n) is 16.0. The van der Waals surface area contributed by atoms with Crippen molar-refractivity contribution in [2.45, 2.75) is 24.3 Å². The number of nitrogens with one attached hydrogen (secondary N) is 1. The minimum atomic E-state index is -3.69. The van der Waals surface area contributed by atoms with Crippen LogP contribution in [0.4, 0.5) is 0 Å². The molecule has 0 aromatic heterocycles. The van der Waals surface area contributed by atoms with Crippen molar-refractivity contribution in [3.8, 4) is 0 Å². The average molecular weight is 429 g/mol. The topological polar surface area (TPSA) is 90.0 Å². The molecule has 0 bridgehead atoms. The summed E-state index contributed by atoms with van der Waals surface area (Å²) < 4.78 is 27.0. The summed E-state index contributed by atoms with van der Waals surface area (Å²) >= 11 is 6.05. The van der Waals surface area contributed by atoms with E-state index < -0.39 is 15.6 Å². The monoisotopic (exact) mass is 428 g/mol. The Balaban J connectivity index is 1.61. The molecule has 2 aliphatic heterocycles. The van der Waals surface area contributed by atoms with Gasteiger partial charge in [-0.05, 0) is 26.0 Å². The van der Waals surface area contributed by atoms with Gasteiger partial charge in [0.25, 0.3) is 0 Å². The lowest BCUT2D eigenvalue weighted by atomic mass is 9.99. The van der Waals surface area contributed by atoms with Crippen LogP contribution in [0.15, 0.2) is 29.2 Å². The van der Waals surface area contributed by atoms with Crippen molar-refractivity contribution in [2.75, 3.05) is 45.8 Å². The van der Waals surface area contributed by atoms with Gasteiger partial charge in [0.2, 0.25) is 21.8 Å². The van der Waals surface area contributed by atoms with E-state index in [1.54, 1.807) is 36.9 Å². The highest BCUT2D eigenvalue weighted by molar-refractivity contribution is 7.89. The van der Waals surface area contributed by atoms with Crippen LogP contribution < -0.4 is 5.32 Å². The summed E-state index contributed by atoms with van der Waals surface area (Å²) in [5, 5.41) is 2.99. The van der Waals surface area contributed by atoms with Gasteiger partial charge in [-0.3, -0.25) is 14.5 Å². The summed E-state index contributed by atoms with van der Waals surface area (Å²) in [5.41, 5.74) is -0.747. The number of rotatable bonds is 4. The number of sulfonamides is 1. The third-order valence-electron chi connectivity index (χ3n) is 5.39. The molecule has 1 N–H and O–H groups in total. The predicted molar refractivity (Wildman–Crippen MR) is 105 cm³/mol. The molecule has 0 radical (unpaired) electrons. The first-order valence-electron chi connectivity index (χ1n) is 9.20. The number of piperazine rings is 2. The number of benzene rings is 1. The van der Waals surface area contributed by atoms with Crippen LogP contribution in [0.2, 0.25) is 5.02 Å². The largest absolute Gasteiger partial charge is 0.353 e. The third-order valence-corrected chi connectivity index (χ3v) is 7.78. The summed E-state index contributed by atoms with van der Waals surface area (Å²) in [6, 6.07) is 6.35. The normalized spacial score (nSPS) is 21.4. The summed E-state index contributed by atoms with van der Waals surface area (Å²) in [4.78, 5) is 28.3. The molecule has 2 fully saturated rings. The van der Waals surface area contributed by atoms with E-state index in [1.807, 2.05) is 4.90 Å². The first-order valence-corrected chi connectivity index (χ1v) is 11.0. The van der Waals surface area contributed by atoms with E-state index in [-0.39, 0.29) is 41.4 Å². The highest BCUT2D eigenvalue weighted by atomic mass is 35.5. The smallest absolute Gasteiger partial charge is 0.244 e. The van der Waals surface area contributed by atoms with E-state index in [9.17, 15) is 18.0 Å². The quantitative estimate of drug-likeness (QED) is 0.749. The number of hydrogen-bond acceptors (Lipinski definition) is 5. The second-order valence-corrected chi connectivity index (χ2v) is 9.77. The molecular weight excluding hydrogens is 404 g/mol. The number of hydrogen-bond donors (Lipinski definition) is 1. The van der Waals surface area contributed by atoms with E-state index in [2.05, 4.69) is 5.32 Å². The predicted octanol–water partition coefficient (Wildman–Crippen LogP) is 0.383. The fourth-order valence-electron chi connectivity index (χ4n) is 3.45. The van der Waals surface area contributed by atoms with Crippen LogP contribution in [-0.2, 0) is 19.6 Å². The van der Waals surface area contributed by atoms with Crippen molar-refractivity contribution in [3.63, 3.8) is 0 Å². The second-order valence-electron chi connectivity index (χ2n) is 7.45. The van der Waals surface area contributed by atoms with Gasteiger partial charge in [-0.25, -0.2) is 8.42 Å². The van der Waals surface area contributed by atoms with Gasteiger partial charge in [0.05, 0.1) is 17.1 Å². The minimum Gasteiger partial charge on any atom is -0.353 e. The van der Waals surface area contributed by atoms with Gasteiger partial charge in [0, 0.05) is 39.3 Å². The Morgan fingerprint density at radius 2 is 1.79 bits per heavy atom. The molecule has 154 valence electrons. The molecule has 0 saturated carbocycles. The lowest BCUT2D eigenvalue weighted by Gasteiger charge is -2.42. The van der Waals surface area contributed by atoms with Crippen LogP contribution >= 0.6 is 11.6 Å². The number of halogens is 1. The number of carbonyl (C=O) groups excluding carboxylic acids is 2. The van der Waals surface area contributed by atoms with E-state index >= 15 is 0 Å². The standard InChI is InChI=1S/C18H25ClN4O4S/c1-18(2)17(25)20-7-8-22(18)13-16(24)21-9-11-23(12-10-21)28(26,27)15-6-4-3-5-14(15)19/h3-6H,7-13H2,1-2H3,(H,20,25). The van der Waals surface area contributed by atoms with Crippen LogP contribution in [0.3, 0.4) is 0 Å². The molecule has 2 amide bonds. The van der Waals surface area contributed by atoms with Gasteiger partial charge >= 0.3 is 0 Å². The maximum Gasteiger partial charge on any atom is 0.244 e. The summed E-state index contributed by atoms with van der Waals surface area (Å²) in [5.74, 6) is -0.195. The van der Waals surface area contributed by atoms with Crippen LogP contribution in [0.5, 0.6) is 0 Å². The molecule has 1 aromatic rings. The maximum absolute atomic E-state index is 12.8. The van der Waals surface area contributed by atoms with E-state index in [4.69, 9.17) is 11.6 Å². The number of carbonyl (C=O) groups is 2. The van der Waals surface area contributed by atoms with E-state index in [1.165, 1.54) is 10.4 Å². The zero-order chi connectivity index (χ0) is 20.5. The first kappa shape index (κ1) is 21.0. The number of amides is 2. The van der Waals surface area contributed by atoms with Gasteiger partial charge in [0.1, 0.15) is 4.90 Å². The van der Waals surface area contributed by atoms with Gasteiger partial charge < -0.3 is 10.2 Å². The molecule has 0 aliphatic carbocycles. The van der Waals surface area contributed by atoms with E-state index in [0.29, 0.717) is 26.2 Å². The molecule has 1 aromatic carbocycles.